The van der Waals surface area contributed by atoms with Crippen LogP contribution in [0, 0.1) is 0 Å². The number of nitrogens with one attached hydrogen (secondary N) is 1. The average Bonchev–Trinajstić information content (AvgIpc) is 2.65. The zero-order valence-electron chi connectivity index (χ0n) is 16.0. The van der Waals surface area contributed by atoms with Crippen LogP contribution in [0.4, 0.5) is 0 Å². The molecule has 4 nitrogen and oxygen atoms in total. The van der Waals surface area contributed by atoms with Crippen molar-refractivity contribution >= 4 is 39.9 Å². The summed E-state index contributed by atoms with van der Waals surface area (Å²) in [4.78, 5) is 0. The molecule has 0 aliphatic carbocycles. The van der Waals surface area contributed by atoms with Crippen LogP contribution in [0.5, 0.6) is 11.5 Å². The molecule has 0 saturated carbocycles. The second-order valence-electron chi connectivity index (χ2n) is 6.18. The van der Waals surface area contributed by atoms with Gasteiger partial charge in [-0.3, -0.25) is 0 Å². The third-order valence-corrected chi connectivity index (χ3v) is 5.00. The van der Waals surface area contributed by atoms with E-state index in [1.54, 1.807) is 0 Å². The van der Waals surface area contributed by atoms with Gasteiger partial charge < -0.3 is 19.9 Å². The summed E-state index contributed by atoms with van der Waals surface area (Å²) in [6, 6.07) is 11.7. The Hall–Kier alpha value is -0.980. The molecular formula is C21H28BrCl2NO3. The van der Waals surface area contributed by atoms with Crippen molar-refractivity contribution in [1.82, 2.24) is 5.32 Å². The predicted molar refractivity (Wildman–Crippen MR) is 121 cm³/mol. The van der Waals surface area contributed by atoms with Crippen molar-refractivity contribution in [3.05, 3.63) is 57.0 Å². The number of halogens is 3. The maximum Gasteiger partial charge on any atom is 0.175 e. The molecule has 0 spiro atoms. The highest BCUT2D eigenvalue weighted by Crippen LogP contribution is 2.37. The summed E-state index contributed by atoms with van der Waals surface area (Å²) < 4.78 is 12.7. The monoisotopic (exact) mass is 491 g/mol. The van der Waals surface area contributed by atoms with Crippen LogP contribution >= 0.6 is 39.9 Å². The van der Waals surface area contributed by atoms with Crippen molar-refractivity contribution in [2.24, 2.45) is 0 Å². The molecular weight excluding hydrogens is 465 g/mol. The number of aliphatic hydroxyl groups excluding tert-OH is 1. The largest absolute Gasteiger partial charge is 0.490 e. The number of rotatable bonds is 12. The van der Waals surface area contributed by atoms with E-state index in [0.29, 0.717) is 24.0 Å². The molecule has 0 bridgehead atoms. The molecule has 28 heavy (non-hydrogen) atoms. The van der Waals surface area contributed by atoms with Gasteiger partial charge in [0.1, 0.15) is 6.61 Å². The lowest BCUT2D eigenvalue weighted by Crippen LogP contribution is -2.15. The van der Waals surface area contributed by atoms with Crippen LogP contribution in [-0.4, -0.2) is 24.9 Å². The number of unbranched alkanes of at least 4 members (excludes halogenated alkanes) is 2. The fourth-order valence-electron chi connectivity index (χ4n) is 2.66. The Morgan fingerprint density at radius 1 is 1.11 bits per heavy atom. The Bertz CT molecular complexity index is 716. The Kier molecular flexibility index (Phi) is 12.6. The molecule has 0 heterocycles. The first-order chi connectivity index (χ1) is 13.2. The van der Waals surface area contributed by atoms with Gasteiger partial charge in [-0.15, -0.1) is 12.4 Å². The molecule has 0 saturated heterocycles. The highest BCUT2D eigenvalue weighted by molar-refractivity contribution is 9.10. The zero-order valence-corrected chi connectivity index (χ0v) is 19.2. The lowest BCUT2D eigenvalue weighted by atomic mass is 10.2. The van der Waals surface area contributed by atoms with Crippen molar-refractivity contribution in [2.75, 3.05) is 19.8 Å². The maximum atomic E-state index is 8.81. The quantitative estimate of drug-likeness (QED) is 0.370. The van der Waals surface area contributed by atoms with Gasteiger partial charge >= 0.3 is 0 Å². The third-order valence-electron chi connectivity index (χ3n) is 4.04. The van der Waals surface area contributed by atoms with Crippen molar-refractivity contribution < 1.29 is 14.6 Å². The van der Waals surface area contributed by atoms with Crippen LogP contribution in [0.2, 0.25) is 5.02 Å². The Morgan fingerprint density at radius 3 is 2.61 bits per heavy atom. The second kappa shape index (κ2) is 14.1. The van der Waals surface area contributed by atoms with Crippen LogP contribution in [0.15, 0.2) is 40.9 Å². The van der Waals surface area contributed by atoms with Gasteiger partial charge in [-0.05, 0) is 72.4 Å². The van der Waals surface area contributed by atoms with Gasteiger partial charge in [0.15, 0.2) is 11.5 Å². The molecule has 0 unspecified atom stereocenters. The summed E-state index contributed by atoms with van der Waals surface area (Å²) in [5.41, 5.74) is 2.06. The minimum atomic E-state index is 0. The van der Waals surface area contributed by atoms with Crippen LogP contribution in [0.3, 0.4) is 0 Å². The Balaban J connectivity index is 0.00000392. The summed E-state index contributed by atoms with van der Waals surface area (Å²) >= 11 is 9.82. The van der Waals surface area contributed by atoms with Crippen molar-refractivity contribution in [2.45, 2.75) is 39.3 Å². The molecule has 0 aliphatic rings. The van der Waals surface area contributed by atoms with E-state index in [9.17, 15) is 0 Å². The SMILES string of the molecule is CCOc1cc(CNCCCCCO)cc(Br)c1OCc1ccccc1Cl.Cl. The van der Waals surface area contributed by atoms with Gasteiger partial charge in [0, 0.05) is 23.7 Å². The van der Waals surface area contributed by atoms with Gasteiger partial charge in [-0.1, -0.05) is 29.8 Å². The standard InChI is InChI=1S/C21H27BrClNO3.ClH/c1-2-26-20-13-16(14-24-10-6-3-7-11-25)12-18(22)21(20)27-15-17-8-4-5-9-19(17)23;/h4-5,8-9,12-13,24-25H,2-3,6-7,10-11,14-15H2,1H3;1H. The molecule has 156 valence electrons. The first-order valence-electron chi connectivity index (χ1n) is 9.28. The first-order valence-corrected chi connectivity index (χ1v) is 10.5. The molecule has 2 aromatic rings. The molecule has 7 heteroatoms. The van der Waals surface area contributed by atoms with Crippen molar-refractivity contribution in [3.63, 3.8) is 0 Å². The summed E-state index contributed by atoms with van der Waals surface area (Å²) in [7, 11) is 0. The fourth-order valence-corrected chi connectivity index (χ4v) is 3.46. The minimum absolute atomic E-state index is 0. The number of ether oxygens (including phenoxy) is 2. The highest BCUT2D eigenvalue weighted by Gasteiger charge is 2.13. The molecule has 0 aromatic heterocycles. The average molecular weight is 493 g/mol. The lowest BCUT2D eigenvalue weighted by Gasteiger charge is -2.16. The predicted octanol–water partition coefficient (Wildman–Crippen LogP) is 5.75. The lowest BCUT2D eigenvalue weighted by molar-refractivity contribution is 0.267. The van der Waals surface area contributed by atoms with E-state index < -0.39 is 0 Å². The van der Waals surface area contributed by atoms with Crippen molar-refractivity contribution in [3.8, 4) is 11.5 Å². The number of benzene rings is 2. The first kappa shape index (κ1) is 25.1. The van der Waals surface area contributed by atoms with Crippen LogP contribution in [0.25, 0.3) is 0 Å². The van der Waals surface area contributed by atoms with Gasteiger partial charge in [0.05, 0.1) is 11.1 Å². The van der Waals surface area contributed by atoms with Crippen LogP contribution in [-0.2, 0) is 13.2 Å². The normalized spacial score (nSPS) is 10.4. The van der Waals surface area contributed by atoms with E-state index >= 15 is 0 Å². The topological polar surface area (TPSA) is 50.7 Å². The van der Waals surface area contributed by atoms with Gasteiger partial charge in [-0.25, -0.2) is 0 Å². The summed E-state index contributed by atoms with van der Waals surface area (Å²) in [5, 5.41) is 12.9. The van der Waals surface area contributed by atoms with Gasteiger partial charge in [0.25, 0.3) is 0 Å². The number of hydrogen-bond acceptors (Lipinski definition) is 4. The molecule has 0 fully saturated rings. The third kappa shape index (κ3) is 8.18. The molecule has 2 rings (SSSR count). The molecule has 0 atom stereocenters. The molecule has 2 aromatic carbocycles. The summed E-state index contributed by atoms with van der Waals surface area (Å²) in [5.74, 6) is 1.40. The van der Waals surface area contributed by atoms with E-state index in [2.05, 4.69) is 21.2 Å². The molecule has 0 aliphatic heterocycles. The van der Waals surface area contributed by atoms with Gasteiger partial charge in [0.2, 0.25) is 0 Å². The van der Waals surface area contributed by atoms with E-state index in [1.165, 1.54) is 0 Å². The van der Waals surface area contributed by atoms with E-state index in [4.69, 9.17) is 26.2 Å². The maximum absolute atomic E-state index is 8.81. The smallest absolute Gasteiger partial charge is 0.175 e. The van der Waals surface area contributed by atoms with E-state index in [0.717, 1.165) is 53.7 Å². The second-order valence-corrected chi connectivity index (χ2v) is 7.44. The molecule has 2 N–H and O–H groups in total. The van der Waals surface area contributed by atoms with E-state index in [-0.39, 0.29) is 19.0 Å². The number of aliphatic hydroxyl groups is 1. The van der Waals surface area contributed by atoms with Crippen molar-refractivity contribution in [1.29, 1.82) is 0 Å². The fraction of sp³-hybridized carbons (Fsp3) is 0.429. The zero-order chi connectivity index (χ0) is 19.5. The van der Waals surface area contributed by atoms with E-state index in [1.807, 2.05) is 43.3 Å². The highest BCUT2D eigenvalue weighted by atomic mass is 79.9. The Morgan fingerprint density at radius 2 is 1.89 bits per heavy atom. The number of hydrogen-bond donors (Lipinski definition) is 2. The Labute approximate surface area is 187 Å². The van der Waals surface area contributed by atoms with Gasteiger partial charge in [-0.2, -0.15) is 0 Å². The summed E-state index contributed by atoms with van der Waals surface area (Å²) in [6.45, 7) is 4.83. The molecule has 0 radical (unpaired) electrons. The minimum Gasteiger partial charge on any atom is -0.490 e. The molecule has 0 amide bonds. The summed E-state index contributed by atoms with van der Waals surface area (Å²) in [6.07, 6.45) is 2.95. The van der Waals surface area contributed by atoms with Crippen LogP contribution < -0.4 is 14.8 Å². The van der Waals surface area contributed by atoms with Crippen LogP contribution in [0.1, 0.15) is 37.3 Å².